The Bertz CT molecular complexity index is 271. The second-order valence-electron chi connectivity index (χ2n) is 4.70. The van der Waals surface area contributed by atoms with Crippen LogP contribution in [-0.4, -0.2) is 61.2 Å². The summed E-state index contributed by atoms with van der Waals surface area (Å²) in [4.78, 5) is 5.24. The van der Waals surface area contributed by atoms with Crippen LogP contribution in [-0.2, 0) is 0 Å². The molecule has 2 atom stereocenters. The zero-order valence-corrected chi connectivity index (χ0v) is 10.5. The Balaban J connectivity index is 1.97. The Hall–Kier alpha value is -0.560. The fraction of sp³-hybridized carbons (Fsp3) is 0.846. The first-order chi connectivity index (χ1) is 7.85. The van der Waals surface area contributed by atoms with Crippen LogP contribution in [0.15, 0.2) is 0 Å². The van der Waals surface area contributed by atoms with Crippen molar-refractivity contribution >= 4 is 0 Å². The molecule has 3 heterocycles. The van der Waals surface area contributed by atoms with Crippen LogP contribution in [0.25, 0.3) is 0 Å². The van der Waals surface area contributed by atoms with E-state index >= 15 is 0 Å². The van der Waals surface area contributed by atoms with Gasteiger partial charge < -0.3 is 5.32 Å². The zero-order chi connectivity index (χ0) is 11.4. The number of hydrogen-bond donors (Lipinski definition) is 1. The van der Waals surface area contributed by atoms with Crippen LogP contribution >= 0.6 is 0 Å². The van der Waals surface area contributed by atoms with Gasteiger partial charge in [-0.1, -0.05) is 6.92 Å². The molecule has 3 rings (SSSR count). The summed E-state index contributed by atoms with van der Waals surface area (Å²) in [6, 6.07) is 1.21. The minimum absolute atomic E-state index is 0.542. The number of hydrogen-bond acceptors (Lipinski definition) is 3. The third-order valence-corrected chi connectivity index (χ3v) is 3.75. The molecule has 2 unspecified atom stereocenters. The van der Waals surface area contributed by atoms with E-state index in [1.165, 1.54) is 32.7 Å². The number of likely N-dealkylation sites (N-methyl/N-ethyl adjacent to an activating group) is 1. The summed E-state index contributed by atoms with van der Waals surface area (Å²) in [5.74, 6) is 6.25. The third-order valence-electron chi connectivity index (χ3n) is 3.75. The van der Waals surface area contributed by atoms with Gasteiger partial charge in [-0.2, -0.15) is 0 Å². The van der Waals surface area contributed by atoms with Crippen LogP contribution in [0.5, 0.6) is 0 Å². The lowest BCUT2D eigenvalue weighted by Gasteiger charge is -2.50. The van der Waals surface area contributed by atoms with Gasteiger partial charge in [0.05, 0.1) is 0 Å². The van der Waals surface area contributed by atoms with E-state index < -0.39 is 0 Å². The molecular formula is C13H23N3. The first-order valence-corrected chi connectivity index (χ1v) is 6.44. The lowest BCUT2D eigenvalue weighted by Crippen LogP contribution is -2.66. The largest absolute Gasteiger partial charge is 0.312 e. The second kappa shape index (κ2) is 5.67. The highest BCUT2D eigenvalue weighted by Gasteiger charge is 2.35. The van der Waals surface area contributed by atoms with Gasteiger partial charge in [0.25, 0.3) is 0 Å². The second-order valence-corrected chi connectivity index (χ2v) is 4.70. The molecule has 3 nitrogen and oxygen atoms in total. The van der Waals surface area contributed by atoms with Crippen molar-refractivity contribution in [3.8, 4) is 11.8 Å². The summed E-state index contributed by atoms with van der Waals surface area (Å²) in [5, 5.41) is 3.60. The lowest BCUT2D eigenvalue weighted by atomic mass is 9.97. The van der Waals surface area contributed by atoms with Gasteiger partial charge in [0.1, 0.15) is 0 Å². The maximum absolute atomic E-state index is 3.60. The molecule has 2 bridgehead atoms. The molecule has 0 spiro atoms. The smallest absolute Gasteiger partial charge is 0.0386 e. The Morgan fingerprint density at radius 3 is 2.56 bits per heavy atom. The van der Waals surface area contributed by atoms with E-state index in [1.54, 1.807) is 0 Å². The summed E-state index contributed by atoms with van der Waals surface area (Å²) < 4.78 is 0. The fourth-order valence-electron chi connectivity index (χ4n) is 2.86. The Morgan fingerprint density at radius 2 is 2.06 bits per heavy atom. The summed E-state index contributed by atoms with van der Waals surface area (Å²) >= 11 is 0. The molecule has 90 valence electrons. The number of fused-ring (bicyclic) bond motifs is 3. The molecule has 3 aliphatic heterocycles. The summed E-state index contributed by atoms with van der Waals surface area (Å²) in [6.07, 6.45) is 0.985. The molecule has 1 N–H and O–H groups in total. The highest BCUT2D eigenvalue weighted by Crippen LogP contribution is 2.19. The normalized spacial score (nSPS) is 34.2. The Kier molecular flexibility index (Phi) is 4.22. The van der Waals surface area contributed by atoms with Crippen molar-refractivity contribution in [3.63, 3.8) is 0 Å². The van der Waals surface area contributed by atoms with Gasteiger partial charge in [0.2, 0.25) is 0 Å². The maximum Gasteiger partial charge on any atom is 0.0386 e. The molecule has 16 heavy (non-hydrogen) atoms. The average molecular weight is 221 g/mol. The number of nitrogens with one attached hydrogen (secondary N) is 1. The van der Waals surface area contributed by atoms with Crippen LogP contribution in [0.2, 0.25) is 0 Å². The highest BCUT2D eigenvalue weighted by atomic mass is 15.4. The molecular weight excluding hydrogens is 198 g/mol. The van der Waals surface area contributed by atoms with Crippen LogP contribution < -0.4 is 5.32 Å². The molecule has 3 saturated heterocycles. The van der Waals surface area contributed by atoms with E-state index in [4.69, 9.17) is 0 Å². The molecule has 3 heteroatoms. The summed E-state index contributed by atoms with van der Waals surface area (Å²) in [7, 11) is 0. The fourth-order valence-corrected chi connectivity index (χ4v) is 2.86. The molecule has 0 aromatic carbocycles. The summed E-state index contributed by atoms with van der Waals surface area (Å²) in [6.45, 7) is 11.4. The summed E-state index contributed by atoms with van der Waals surface area (Å²) in [5.41, 5.74) is 0. The Morgan fingerprint density at radius 1 is 1.31 bits per heavy atom. The van der Waals surface area contributed by atoms with Crippen LogP contribution in [0, 0.1) is 11.8 Å². The van der Waals surface area contributed by atoms with E-state index in [2.05, 4.69) is 33.9 Å². The minimum atomic E-state index is 0.542. The third kappa shape index (κ3) is 2.57. The number of nitrogens with zero attached hydrogens (tertiary/aromatic N) is 2. The average Bonchev–Trinajstić information content (AvgIpc) is 2.36. The van der Waals surface area contributed by atoms with E-state index in [9.17, 15) is 0 Å². The monoisotopic (exact) mass is 221 g/mol. The molecule has 0 aliphatic carbocycles. The van der Waals surface area contributed by atoms with Gasteiger partial charge in [0.15, 0.2) is 0 Å². The standard InChI is InChI=1S/C13H23N3/c1-3-5-6-12(14-4-2)13-11-15-7-9-16(13)10-8-15/h12-14H,4,6-11H2,1-2H3. The van der Waals surface area contributed by atoms with Gasteiger partial charge in [-0.05, 0) is 13.5 Å². The Labute approximate surface area is 99.2 Å². The van der Waals surface area contributed by atoms with E-state index in [-0.39, 0.29) is 0 Å². The first-order valence-electron chi connectivity index (χ1n) is 6.44. The van der Waals surface area contributed by atoms with Crippen LogP contribution in [0.3, 0.4) is 0 Å². The SMILES string of the molecule is CC#CCC(NCC)C1CN2CCN1CC2. The van der Waals surface area contributed by atoms with Crippen molar-refractivity contribution in [1.29, 1.82) is 0 Å². The molecule has 0 aromatic rings. The van der Waals surface area contributed by atoms with E-state index in [0.29, 0.717) is 12.1 Å². The van der Waals surface area contributed by atoms with Gasteiger partial charge in [-0.3, -0.25) is 9.80 Å². The molecule has 3 aliphatic rings. The van der Waals surface area contributed by atoms with Crippen molar-refractivity contribution in [2.45, 2.75) is 32.4 Å². The van der Waals surface area contributed by atoms with E-state index in [0.717, 1.165) is 13.0 Å². The van der Waals surface area contributed by atoms with Gasteiger partial charge in [-0.25, -0.2) is 0 Å². The van der Waals surface area contributed by atoms with Crippen molar-refractivity contribution in [1.82, 2.24) is 15.1 Å². The topological polar surface area (TPSA) is 18.5 Å². The van der Waals surface area contributed by atoms with Crippen molar-refractivity contribution < 1.29 is 0 Å². The number of piperazine rings is 3. The molecule has 0 aromatic heterocycles. The van der Waals surface area contributed by atoms with Crippen molar-refractivity contribution in [2.75, 3.05) is 39.3 Å². The van der Waals surface area contributed by atoms with Gasteiger partial charge in [-0.15, -0.1) is 11.8 Å². The van der Waals surface area contributed by atoms with Crippen LogP contribution in [0.4, 0.5) is 0 Å². The van der Waals surface area contributed by atoms with Gasteiger partial charge in [0, 0.05) is 51.2 Å². The predicted molar refractivity (Wildman–Crippen MR) is 67.3 cm³/mol. The van der Waals surface area contributed by atoms with Crippen LogP contribution in [0.1, 0.15) is 20.3 Å². The molecule has 0 saturated carbocycles. The van der Waals surface area contributed by atoms with Crippen molar-refractivity contribution in [3.05, 3.63) is 0 Å². The van der Waals surface area contributed by atoms with E-state index in [1.807, 2.05) is 6.92 Å². The minimum Gasteiger partial charge on any atom is -0.312 e. The molecule has 0 amide bonds. The predicted octanol–water partition coefficient (Wildman–Crippen LogP) is 0.378. The number of rotatable bonds is 4. The molecule has 0 radical (unpaired) electrons. The quantitative estimate of drug-likeness (QED) is 0.692. The first kappa shape index (κ1) is 11.9. The highest BCUT2D eigenvalue weighted by molar-refractivity contribution is 5.03. The maximum atomic E-state index is 3.60. The lowest BCUT2D eigenvalue weighted by molar-refractivity contribution is -0.00218. The zero-order valence-electron chi connectivity index (χ0n) is 10.5. The van der Waals surface area contributed by atoms with Gasteiger partial charge >= 0.3 is 0 Å². The molecule has 3 fully saturated rings. The van der Waals surface area contributed by atoms with Crippen molar-refractivity contribution in [2.24, 2.45) is 0 Å².